The zero-order chi connectivity index (χ0) is 11.3. The van der Waals surface area contributed by atoms with Gasteiger partial charge in [0.2, 0.25) is 0 Å². The molecular formula is C13H22N2. The van der Waals surface area contributed by atoms with Crippen LogP contribution in [0.3, 0.4) is 0 Å². The highest BCUT2D eigenvalue weighted by Crippen LogP contribution is 2.25. The first-order valence-electron chi connectivity index (χ1n) is 5.64. The lowest BCUT2D eigenvalue weighted by Gasteiger charge is -2.27. The monoisotopic (exact) mass is 206 g/mol. The van der Waals surface area contributed by atoms with Gasteiger partial charge in [-0.15, -0.1) is 0 Å². The van der Waals surface area contributed by atoms with E-state index in [4.69, 9.17) is 0 Å². The van der Waals surface area contributed by atoms with Crippen molar-refractivity contribution in [3.05, 3.63) is 24.4 Å². The molecule has 1 aromatic heterocycles. The summed E-state index contributed by atoms with van der Waals surface area (Å²) in [5.41, 5.74) is 0.325. The Morgan fingerprint density at radius 2 is 2.07 bits per heavy atom. The van der Waals surface area contributed by atoms with Gasteiger partial charge in [0.15, 0.2) is 0 Å². The van der Waals surface area contributed by atoms with Crippen LogP contribution in [0.5, 0.6) is 0 Å². The highest BCUT2D eigenvalue weighted by atomic mass is 15.0. The third-order valence-electron chi connectivity index (χ3n) is 2.37. The van der Waals surface area contributed by atoms with Gasteiger partial charge in [-0.05, 0) is 29.9 Å². The minimum atomic E-state index is 0.325. The first kappa shape index (κ1) is 12.0. The Kier molecular flexibility index (Phi) is 4.13. The minimum Gasteiger partial charge on any atom is -0.370 e. The van der Waals surface area contributed by atoms with Crippen molar-refractivity contribution in [1.82, 2.24) is 4.98 Å². The van der Waals surface area contributed by atoms with Gasteiger partial charge in [-0.3, -0.25) is 0 Å². The number of pyridine rings is 1. The molecule has 0 saturated carbocycles. The lowest BCUT2D eigenvalue weighted by atomic mass is 9.84. The Hall–Kier alpha value is -1.05. The molecule has 0 bridgehead atoms. The summed E-state index contributed by atoms with van der Waals surface area (Å²) in [6.07, 6.45) is 3.05. The molecule has 1 aromatic rings. The van der Waals surface area contributed by atoms with Crippen LogP contribution < -0.4 is 5.32 Å². The average molecular weight is 206 g/mol. The van der Waals surface area contributed by atoms with Crippen LogP contribution in [-0.4, -0.2) is 11.5 Å². The Balaban J connectivity index is 2.42. The molecule has 0 atom stereocenters. The number of nitrogens with one attached hydrogen (secondary N) is 1. The van der Waals surface area contributed by atoms with Crippen molar-refractivity contribution < 1.29 is 0 Å². The van der Waals surface area contributed by atoms with Crippen LogP contribution in [0.4, 0.5) is 5.82 Å². The summed E-state index contributed by atoms with van der Waals surface area (Å²) in [6, 6.07) is 5.95. The molecule has 0 saturated heterocycles. The third-order valence-corrected chi connectivity index (χ3v) is 2.37. The van der Waals surface area contributed by atoms with Crippen LogP contribution in [0.15, 0.2) is 24.4 Å². The molecule has 2 nitrogen and oxygen atoms in total. The molecule has 15 heavy (non-hydrogen) atoms. The van der Waals surface area contributed by atoms with Crippen LogP contribution in [0.25, 0.3) is 0 Å². The number of rotatable bonds is 5. The van der Waals surface area contributed by atoms with Crippen molar-refractivity contribution in [2.45, 2.75) is 34.1 Å². The van der Waals surface area contributed by atoms with E-state index in [1.54, 1.807) is 0 Å². The van der Waals surface area contributed by atoms with Gasteiger partial charge in [0, 0.05) is 12.7 Å². The molecule has 84 valence electrons. The number of hydrogen-bond donors (Lipinski definition) is 1. The first-order valence-corrected chi connectivity index (χ1v) is 5.64. The fourth-order valence-electron chi connectivity index (χ4n) is 1.97. The molecule has 1 heterocycles. The Morgan fingerprint density at radius 3 is 2.60 bits per heavy atom. The van der Waals surface area contributed by atoms with Gasteiger partial charge in [0.25, 0.3) is 0 Å². The predicted octanol–water partition coefficient (Wildman–Crippen LogP) is 3.57. The van der Waals surface area contributed by atoms with E-state index < -0.39 is 0 Å². The summed E-state index contributed by atoms with van der Waals surface area (Å²) in [5.74, 6) is 1.71. The van der Waals surface area contributed by atoms with Crippen LogP contribution in [0, 0.1) is 11.3 Å². The Morgan fingerprint density at radius 1 is 1.33 bits per heavy atom. The Bertz CT molecular complexity index is 278. The first-order chi connectivity index (χ1) is 6.99. The van der Waals surface area contributed by atoms with E-state index in [0.29, 0.717) is 5.41 Å². The molecule has 1 N–H and O–H groups in total. The smallest absolute Gasteiger partial charge is 0.125 e. The van der Waals surface area contributed by atoms with Gasteiger partial charge in [0.05, 0.1) is 0 Å². The second kappa shape index (κ2) is 5.15. The SMILES string of the molecule is CC(C)CC(C)(C)CNc1ccccn1. The van der Waals surface area contributed by atoms with Crippen molar-refractivity contribution in [3.63, 3.8) is 0 Å². The number of nitrogens with zero attached hydrogens (tertiary/aromatic N) is 1. The minimum absolute atomic E-state index is 0.325. The maximum Gasteiger partial charge on any atom is 0.125 e. The quantitative estimate of drug-likeness (QED) is 0.796. The summed E-state index contributed by atoms with van der Waals surface area (Å²) in [7, 11) is 0. The fourth-order valence-corrected chi connectivity index (χ4v) is 1.97. The molecule has 0 aromatic carbocycles. The van der Waals surface area contributed by atoms with Gasteiger partial charge in [0.1, 0.15) is 5.82 Å². The largest absolute Gasteiger partial charge is 0.370 e. The van der Waals surface area contributed by atoms with Crippen molar-refractivity contribution in [2.75, 3.05) is 11.9 Å². The molecule has 0 aliphatic carbocycles. The highest BCUT2D eigenvalue weighted by Gasteiger charge is 2.19. The molecule has 0 spiro atoms. The molecule has 0 aliphatic rings. The second-order valence-electron chi connectivity index (χ2n) is 5.33. The van der Waals surface area contributed by atoms with Crippen LogP contribution in [0.2, 0.25) is 0 Å². The number of anilines is 1. The summed E-state index contributed by atoms with van der Waals surface area (Å²) in [6.45, 7) is 10.1. The van der Waals surface area contributed by atoms with Gasteiger partial charge in [-0.25, -0.2) is 4.98 Å². The second-order valence-corrected chi connectivity index (χ2v) is 5.33. The van der Waals surface area contributed by atoms with Crippen molar-refractivity contribution >= 4 is 5.82 Å². The summed E-state index contributed by atoms with van der Waals surface area (Å²) >= 11 is 0. The zero-order valence-corrected chi connectivity index (χ0v) is 10.2. The predicted molar refractivity (Wildman–Crippen MR) is 66.0 cm³/mol. The van der Waals surface area contributed by atoms with Gasteiger partial charge in [-0.2, -0.15) is 0 Å². The molecular weight excluding hydrogens is 184 g/mol. The summed E-state index contributed by atoms with van der Waals surface area (Å²) < 4.78 is 0. The van der Waals surface area contributed by atoms with Crippen LogP contribution >= 0.6 is 0 Å². The molecule has 0 fully saturated rings. The van der Waals surface area contributed by atoms with E-state index in [1.165, 1.54) is 6.42 Å². The van der Waals surface area contributed by atoms with Crippen LogP contribution in [0.1, 0.15) is 34.1 Å². The summed E-state index contributed by atoms with van der Waals surface area (Å²) in [5, 5.41) is 3.38. The number of aromatic nitrogens is 1. The molecule has 1 rings (SSSR count). The standard InChI is InChI=1S/C13H22N2/c1-11(2)9-13(3,4)10-15-12-7-5-6-8-14-12/h5-8,11H,9-10H2,1-4H3,(H,14,15). The van der Waals surface area contributed by atoms with Crippen molar-refractivity contribution in [1.29, 1.82) is 0 Å². The van der Waals surface area contributed by atoms with Gasteiger partial charge < -0.3 is 5.32 Å². The van der Waals surface area contributed by atoms with E-state index in [-0.39, 0.29) is 0 Å². The van der Waals surface area contributed by atoms with E-state index in [9.17, 15) is 0 Å². The molecule has 0 radical (unpaired) electrons. The summed E-state index contributed by atoms with van der Waals surface area (Å²) in [4.78, 5) is 4.25. The van der Waals surface area contributed by atoms with E-state index in [2.05, 4.69) is 38.0 Å². The highest BCUT2D eigenvalue weighted by molar-refractivity contribution is 5.33. The topological polar surface area (TPSA) is 24.9 Å². The molecule has 2 heteroatoms. The van der Waals surface area contributed by atoms with Crippen molar-refractivity contribution in [3.8, 4) is 0 Å². The van der Waals surface area contributed by atoms with E-state index in [1.807, 2.05) is 24.4 Å². The zero-order valence-electron chi connectivity index (χ0n) is 10.2. The maximum absolute atomic E-state index is 4.25. The van der Waals surface area contributed by atoms with Gasteiger partial charge in [-0.1, -0.05) is 33.8 Å². The Labute approximate surface area is 93.1 Å². The maximum atomic E-state index is 4.25. The number of hydrogen-bond acceptors (Lipinski definition) is 2. The van der Waals surface area contributed by atoms with Crippen molar-refractivity contribution in [2.24, 2.45) is 11.3 Å². The average Bonchev–Trinajstić information content (AvgIpc) is 2.15. The van der Waals surface area contributed by atoms with E-state index >= 15 is 0 Å². The van der Waals surface area contributed by atoms with E-state index in [0.717, 1.165) is 18.3 Å². The lowest BCUT2D eigenvalue weighted by Crippen LogP contribution is -2.25. The molecule has 0 aliphatic heterocycles. The molecule has 0 amide bonds. The molecule has 0 unspecified atom stereocenters. The van der Waals surface area contributed by atoms with Gasteiger partial charge >= 0.3 is 0 Å². The lowest BCUT2D eigenvalue weighted by molar-refractivity contribution is 0.306. The third kappa shape index (κ3) is 4.82. The van der Waals surface area contributed by atoms with Crippen LogP contribution in [-0.2, 0) is 0 Å². The fraction of sp³-hybridized carbons (Fsp3) is 0.615. The normalized spacial score (nSPS) is 11.8.